The summed E-state index contributed by atoms with van der Waals surface area (Å²) in [6.45, 7) is 8.59. The van der Waals surface area contributed by atoms with Crippen molar-refractivity contribution in [1.29, 1.82) is 0 Å². The van der Waals surface area contributed by atoms with Crippen LogP contribution in [0, 0.1) is 17.3 Å². The minimum absolute atomic E-state index is 0.0417. The Bertz CT molecular complexity index is 875. The molecule has 5 atom stereocenters. The molecule has 0 aromatic heterocycles. The predicted molar refractivity (Wildman–Crippen MR) is 134 cm³/mol. The molecule has 4 nitrogen and oxygen atoms in total. The lowest BCUT2D eigenvalue weighted by Crippen LogP contribution is -2.53. The van der Waals surface area contributed by atoms with Gasteiger partial charge in [-0.2, -0.15) is 0 Å². The average molecular weight is 453 g/mol. The number of hydrogen-bond acceptors (Lipinski definition) is 3. The molecule has 32 heavy (non-hydrogen) atoms. The molecule has 0 saturated heterocycles. The predicted octanol–water partition coefficient (Wildman–Crippen LogP) is 3.40. The van der Waals surface area contributed by atoms with E-state index in [4.69, 9.17) is 0 Å². The molecule has 172 valence electrons. The van der Waals surface area contributed by atoms with Crippen molar-refractivity contribution in [2.75, 3.05) is 13.2 Å². The number of nitrogens with one attached hydrogen (secondary N) is 2. The number of fused-ring (bicyclic) bond motifs is 1. The Balaban J connectivity index is 1.45. The fraction of sp³-hybridized carbons (Fsp3) is 0.519. The van der Waals surface area contributed by atoms with Crippen molar-refractivity contribution >= 4 is 24.4 Å². The van der Waals surface area contributed by atoms with Gasteiger partial charge in [-0.1, -0.05) is 81.4 Å². The molecule has 0 bridgehead atoms. The van der Waals surface area contributed by atoms with Crippen molar-refractivity contribution in [2.45, 2.75) is 57.8 Å². The molecule has 0 aliphatic heterocycles. The Morgan fingerprint density at radius 2 is 1.66 bits per heavy atom. The number of carbonyl (C=O) groups is 1. The molecule has 2 aromatic carbocycles. The molecule has 2 fully saturated rings. The van der Waals surface area contributed by atoms with E-state index in [1.807, 2.05) is 20.8 Å². The summed E-state index contributed by atoms with van der Waals surface area (Å²) in [5.41, 5.74) is -0.170. The fourth-order valence-corrected chi connectivity index (χ4v) is 9.20. The Labute approximate surface area is 194 Å². The van der Waals surface area contributed by atoms with Crippen LogP contribution in [0.15, 0.2) is 60.7 Å². The van der Waals surface area contributed by atoms with E-state index in [1.54, 1.807) is 0 Å². The van der Waals surface area contributed by atoms with Gasteiger partial charge in [-0.15, -0.1) is 0 Å². The number of carbonyl (C=O) groups excluding carboxylic acids is 1. The fourth-order valence-electron chi connectivity index (χ4n) is 5.47. The summed E-state index contributed by atoms with van der Waals surface area (Å²) >= 11 is 0. The Kier molecular flexibility index (Phi) is 6.77. The number of hydrogen-bond donors (Lipinski definition) is 3. The van der Waals surface area contributed by atoms with Crippen LogP contribution in [-0.2, 0) is 4.79 Å². The largest absolute Gasteiger partial charge is 0.394 e. The summed E-state index contributed by atoms with van der Waals surface area (Å²) in [6, 6.07) is 22.1. The topological polar surface area (TPSA) is 61.4 Å². The molecule has 0 spiro atoms. The van der Waals surface area contributed by atoms with E-state index in [-0.39, 0.29) is 30.0 Å². The smallest absolute Gasteiger partial charge is 0.234 e. The third-order valence-corrected chi connectivity index (χ3v) is 10.8. The number of aliphatic hydroxyl groups is 1. The van der Waals surface area contributed by atoms with E-state index in [9.17, 15) is 9.90 Å². The highest BCUT2D eigenvalue weighted by atomic mass is 31.1. The van der Waals surface area contributed by atoms with Crippen LogP contribution in [0.3, 0.4) is 0 Å². The van der Waals surface area contributed by atoms with E-state index < -0.39 is 7.92 Å². The molecule has 1 amide bonds. The molecule has 0 heterocycles. The summed E-state index contributed by atoms with van der Waals surface area (Å²) in [6.07, 6.45) is 2.54. The summed E-state index contributed by atoms with van der Waals surface area (Å²) < 4.78 is 0. The molecule has 1 unspecified atom stereocenters. The maximum Gasteiger partial charge on any atom is 0.234 e. The van der Waals surface area contributed by atoms with Gasteiger partial charge in [0.05, 0.1) is 19.2 Å². The van der Waals surface area contributed by atoms with E-state index in [2.05, 4.69) is 78.2 Å². The van der Waals surface area contributed by atoms with Crippen LogP contribution >= 0.6 is 7.92 Å². The van der Waals surface area contributed by atoms with Crippen LogP contribution in [0.4, 0.5) is 0 Å². The van der Waals surface area contributed by atoms with E-state index in [0.29, 0.717) is 17.6 Å². The third kappa shape index (κ3) is 4.51. The van der Waals surface area contributed by atoms with Gasteiger partial charge in [0.15, 0.2) is 0 Å². The molecule has 3 N–H and O–H groups in total. The normalized spacial score (nSPS) is 26.1. The molecular formula is C27H37N2O2P. The lowest BCUT2D eigenvalue weighted by Gasteiger charge is -2.46. The van der Waals surface area contributed by atoms with Crippen LogP contribution in [0.25, 0.3) is 0 Å². The average Bonchev–Trinajstić information content (AvgIpc) is 3.34. The first-order valence-electron chi connectivity index (χ1n) is 11.8. The first-order chi connectivity index (χ1) is 15.3. The maximum absolute atomic E-state index is 12.6. The second-order valence-electron chi connectivity index (χ2n) is 10.6. The summed E-state index contributed by atoms with van der Waals surface area (Å²) in [5, 5.41) is 19.4. The maximum atomic E-state index is 12.6. The second-order valence-corrected chi connectivity index (χ2v) is 13.1. The molecule has 4 rings (SSSR count). The van der Waals surface area contributed by atoms with Gasteiger partial charge in [-0.3, -0.25) is 4.79 Å². The molecular weight excluding hydrogens is 415 g/mol. The molecule has 2 aromatic rings. The third-order valence-electron chi connectivity index (χ3n) is 7.50. The zero-order valence-corrected chi connectivity index (χ0v) is 20.6. The number of rotatable bonds is 9. The van der Waals surface area contributed by atoms with Gasteiger partial charge in [-0.05, 0) is 55.5 Å². The first-order valence-corrected chi connectivity index (χ1v) is 13.2. The summed E-state index contributed by atoms with van der Waals surface area (Å²) in [7, 11) is -0.437. The Hall–Kier alpha value is -1.74. The molecule has 2 aliphatic rings. The van der Waals surface area contributed by atoms with Gasteiger partial charge in [0, 0.05) is 11.2 Å². The van der Waals surface area contributed by atoms with Crippen LogP contribution in [-0.4, -0.2) is 41.4 Å². The lowest BCUT2D eigenvalue weighted by molar-refractivity contribution is -0.122. The first kappa shape index (κ1) is 23.4. The standard InChI is InChI=1S/C27H37N2O2P/c1-19(28-17-25(31)29-24(18-30)26(2,3)4)23-15-20-16-27(20,23)32(21-11-7-5-8-12-21)22-13-9-6-10-14-22/h5-14,19-20,23-24,28,30H,15-18H2,1-4H3,(H,29,31)/t19-,20-,23?,24+,27-/m1/s1. The van der Waals surface area contributed by atoms with Gasteiger partial charge in [0.1, 0.15) is 0 Å². The highest BCUT2D eigenvalue weighted by Crippen LogP contribution is 2.79. The Morgan fingerprint density at radius 1 is 1.09 bits per heavy atom. The van der Waals surface area contributed by atoms with Crippen LogP contribution in [0.1, 0.15) is 40.5 Å². The second kappa shape index (κ2) is 9.25. The van der Waals surface area contributed by atoms with Gasteiger partial charge in [0.2, 0.25) is 5.91 Å². The Morgan fingerprint density at radius 3 is 2.09 bits per heavy atom. The lowest BCUT2D eigenvalue weighted by atomic mass is 9.79. The SMILES string of the molecule is C[C@@H](NCC(=O)N[C@@H](CO)C(C)(C)C)C1C[C@@H]2C[C@]12P(c1ccccc1)c1ccccc1. The van der Waals surface area contributed by atoms with E-state index >= 15 is 0 Å². The summed E-state index contributed by atoms with van der Waals surface area (Å²) in [4.78, 5) is 12.6. The van der Waals surface area contributed by atoms with Gasteiger partial charge in [-0.25, -0.2) is 0 Å². The van der Waals surface area contributed by atoms with Gasteiger partial charge < -0.3 is 15.7 Å². The highest BCUT2D eigenvalue weighted by Gasteiger charge is 2.72. The van der Waals surface area contributed by atoms with Gasteiger partial charge >= 0.3 is 0 Å². The number of benzene rings is 2. The minimum Gasteiger partial charge on any atom is -0.394 e. The van der Waals surface area contributed by atoms with Crippen LogP contribution in [0.5, 0.6) is 0 Å². The molecule has 0 radical (unpaired) electrons. The van der Waals surface area contributed by atoms with Crippen molar-refractivity contribution < 1.29 is 9.90 Å². The van der Waals surface area contributed by atoms with Crippen molar-refractivity contribution in [3.05, 3.63) is 60.7 Å². The van der Waals surface area contributed by atoms with Crippen LogP contribution < -0.4 is 21.2 Å². The van der Waals surface area contributed by atoms with Crippen LogP contribution in [0.2, 0.25) is 0 Å². The van der Waals surface area contributed by atoms with E-state index in [1.165, 1.54) is 23.5 Å². The zero-order chi connectivity index (χ0) is 22.9. The zero-order valence-electron chi connectivity index (χ0n) is 19.7. The van der Waals surface area contributed by atoms with Gasteiger partial charge in [0.25, 0.3) is 0 Å². The monoisotopic (exact) mass is 452 g/mol. The van der Waals surface area contributed by atoms with Crippen molar-refractivity contribution in [3.8, 4) is 0 Å². The molecule has 5 heteroatoms. The minimum atomic E-state index is -0.437. The van der Waals surface area contributed by atoms with Crippen molar-refractivity contribution in [3.63, 3.8) is 0 Å². The molecule has 2 aliphatic carbocycles. The van der Waals surface area contributed by atoms with E-state index in [0.717, 1.165) is 5.92 Å². The van der Waals surface area contributed by atoms with Crippen molar-refractivity contribution in [1.82, 2.24) is 10.6 Å². The highest BCUT2D eigenvalue weighted by molar-refractivity contribution is 7.74. The number of aliphatic hydroxyl groups excluding tert-OH is 1. The van der Waals surface area contributed by atoms with Crippen molar-refractivity contribution in [2.24, 2.45) is 17.3 Å². The number of amides is 1. The molecule has 2 saturated carbocycles. The quantitative estimate of drug-likeness (QED) is 0.511. The summed E-state index contributed by atoms with van der Waals surface area (Å²) in [5.74, 6) is 1.33.